The fourth-order valence-electron chi connectivity index (χ4n) is 3.37. The molecule has 38 heavy (non-hydrogen) atoms. The summed E-state index contributed by atoms with van der Waals surface area (Å²) < 4.78 is 5.23. The quantitative estimate of drug-likeness (QED) is 0.238. The van der Waals surface area contributed by atoms with E-state index in [1.165, 1.54) is 19.2 Å². The number of hydrogen-bond acceptors (Lipinski definition) is 6. The average Bonchev–Trinajstić information content (AvgIpc) is 2.91. The van der Waals surface area contributed by atoms with Crippen LogP contribution in [0.4, 0.5) is 16.2 Å². The maximum absolute atomic E-state index is 13.5. The van der Waals surface area contributed by atoms with Crippen LogP contribution in [0.5, 0.6) is 5.75 Å². The fourth-order valence-corrected chi connectivity index (χ4v) is 3.59. The van der Waals surface area contributed by atoms with Gasteiger partial charge >= 0.3 is 6.03 Å². The highest BCUT2D eigenvalue weighted by Crippen LogP contribution is 2.25. The number of hydrogen-bond donors (Lipinski definition) is 1. The predicted octanol–water partition coefficient (Wildman–Crippen LogP) is 5.04. The molecule has 3 aromatic rings. The van der Waals surface area contributed by atoms with Crippen LogP contribution in [0.1, 0.15) is 21.5 Å². The summed E-state index contributed by atoms with van der Waals surface area (Å²) in [7, 11) is 7.40. The molecule has 0 unspecified atom stereocenters. The van der Waals surface area contributed by atoms with Gasteiger partial charge < -0.3 is 15.0 Å². The molecule has 0 saturated heterocycles. The van der Waals surface area contributed by atoms with Gasteiger partial charge in [0.05, 0.1) is 19.0 Å². The molecule has 8 nitrogen and oxygen atoms in total. The van der Waals surface area contributed by atoms with Gasteiger partial charge in [-0.15, -0.1) is 6.42 Å². The van der Waals surface area contributed by atoms with Crippen molar-refractivity contribution in [3.8, 4) is 18.1 Å². The molecule has 0 aliphatic carbocycles. The number of ether oxygens (including phenoxy) is 1. The van der Waals surface area contributed by atoms with E-state index in [1.807, 2.05) is 38.3 Å². The average molecular weight is 532 g/mol. The number of terminal acetylenes is 1. The van der Waals surface area contributed by atoms with Crippen LogP contribution < -0.4 is 15.0 Å². The third-order valence-electron chi connectivity index (χ3n) is 5.49. The minimum atomic E-state index is -0.646. The highest BCUT2D eigenvalue weighted by atomic mass is 35.5. The van der Waals surface area contributed by atoms with Gasteiger partial charge in [0, 0.05) is 42.0 Å². The number of rotatable bonds is 9. The van der Waals surface area contributed by atoms with Gasteiger partial charge in [0.25, 0.3) is 5.91 Å². The Morgan fingerprint density at radius 3 is 2.32 bits per heavy atom. The number of nitrogens with one attached hydrogen (secondary N) is 1. The number of halogens is 1. The summed E-state index contributed by atoms with van der Waals surface area (Å²) in [5, 5.41) is 9.37. The van der Waals surface area contributed by atoms with Gasteiger partial charge in [0.15, 0.2) is 0 Å². The molecule has 0 heterocycles. The van der Waals surface area contributed by atoms with Crippen LogP contribution in [0.15, 0.2) is 71.8 Å². The first-order valence-electron chi connectivity index (χ1n) is 11.8. The second kappa shape index (κ2) is 13.3. The van der Waals surface area contributed by atoms with Gasteiger partial charge in [0.2, 0.25) is 0 Å². The van der Waals surface area contributed by atoms with Gasteiger partial charge in [-0.1, -0.05) is 29.7 Å². The van der Waals surface area contributed by atoms with E-state index < -0.39 is 11.9 Å². The number of urea groups is 1. The van der Waals surface area contributed by atoms with Gasteiger partial charge in [-0.3, -0.25) is 9.80 Å². The lowest BCUT2D eigenvalue weighted by molar-refractivity contribution is 0.0995. The molecule has 9 heteroatoms. The van der Waals surface area contributed by atoms with E-state index in [2.05, 4.69) is 21.2 Å². The monoisotopic (exact) mass is 531 g/mol. The van der Waals surface area contributed by atoms with Crippen molar-refractivity contribution in [2.24, 2.45) is 5.10 Å². The molecule has 0 radical (unpaired) electrons. The van der Waals surface area contributed by atoms with Crippen molar-refractivity contribution < 1.29 is 14.3 Å². The number of amides is 3. The fraction of sp³-hybridized carbons (Fsp3) is 0.207. The topological polar surface area (TPSA) is 77.5 Å². The number of hydrazone groups is 1. The highest BCUT2D eigenvalue weighted by Gasteiger charge is 2.26. The van der Waals surface area contributed by atoms with Crippen molar-refractivity contribution in [2.75, 3.05) is 51.6 Å². The van der Waals surface area contributed by atoms with Crippen LogP contribution in [-0.2, 0) is 0 Å². The first kappa shape index (κ1) is 28.3. The van der Waals surface area contributed by atoms with E-state index >= 15 is 0 Å². The zero-order valence-corrected chi connectivity index (χ0v) is 22.6. The maximum atomic E-state index is 13.5. The van der Waals surface area contributed by atoms with Crippen molar-refractivity contribution in [3.63, 3.8) is 0 Å². The number of imide groups is 1. The minimum Gasteiger partial charge on any atom is -0.497 e. The molecule has 0 aromatic heterocycles. The molecule has 0 saturated carbocycles. The first-order valence-corrected chi connectivity index (χ1v) is 12.1. The SMILES string of the molecule is C#Cc1ccc(N(C(=O)Nc2ccc(C=NN(C)CCN(C)C)cc2)C(=O)c2cc(Cl)cc(OC)c2)cc1. The van der Waals surface area contributed by atoms with E-state index in [4.69, 9.17) is 22.8 Å². The Morgan fingerprint density at radius 2 is 1.71 bits per heavy atom. The molecule has 0 aliphatic heterocycles. The molecule has 196 valence electrons. The van der Waals surface area contributed by atoms with E-state index in [0.29, 0.717) is 27.7 Å². The Kier molecular flexibility index (Phi) is 9.88. The molecule has 1 N–H and O–H groups in total. The third-order valence-corrected chi connectivity index (χ3v) is 5.71. The Bertz CT molecular complexity index is 1330. The Hall–Kier alpha value is -4.32. The molecule has 0 spiro atoms. The smallest absolute Gasteiger partial charge is 0.333 e. The standard InChI is InChI=1S/C29H30ClN5O3/c1-6-21-9-13-26(14-10-21)35(28(36)23-17-24(30)19-27(18-23)38-5)29(37)32-25-11-7-22(8-12-25)20-31-34(4)16-15-33(2)3/h1,7-14,17-20H,15-16H2,2-5H3,(H,32,37). The van der Waals surface area contributed by atoms with Crippen LogP contribution in [0, 0.1) is 12.3 Å². The third kappa shape index (κ3) is 7.84. The van der Waals surface area contributed by atoms with E-state index in [1.54, 1.807) is 48.7 Å². The van der Waals surface area contributed by atoms with Crippen molar-refractivity contribution in [2.45, 2.75) is 0 Å². The van der Waals surface area contributed by atoms with Crippen LogP contribution in [0.3, 0.4) is 0 Å². The van der Waals surface area contributed by atoms with Gasteiger partial charge in [-0.25, -0.2) is 9.69 Å². The second-order valence-electron chi connectivity index (χ2n) is 8.69. The van der Waals surface area contributed by atoms with Crippen molar-refractivity contribution in [1.29, 1.82) is 0 Å². The molecule has 0 aliphatic rings. The normalized spacial score (nSPS) is 10.8. The van der Waals surface area contributed by atoms with Crippen molar-refractivity contribution in [1.82, 2.24) is 9.91 Å². The number of likely N-dealkylation sites (N-methyl/N-ethyl adjacent to an activating group) is 2. The van der Waals surface area contributed by atoms with E-state index in [9.17, 15) is 9.59 Å². The molecule has 3 amide bonds. The largest absolute Gasteiger partial charge is 0.497 e. The Balaban J connectivity index is 1.82. The predicted molar refractivity (Wildman–Crippen MR) is 153 cm³/mol. The zero-order chi connectivity index (χ0) is 27.7. The van der Waals surface area contributed by atoms with E-state index in [-0.39, 0.29) is 5.56 Å². The summed E-state index contributed by atoms with van der Waals surface area (Å²) in [5.41, 5.74) is 2.53. The van der Waals surface area contributed by atoms with Crippen molar-refractivity contribution >= 4 is 41.1 Å². The summed E-state index contributed by atoms with van der Waals surface area (Å²) in [4.78, 5) is 30.1. The van der Waals surface area contributed by atoms with Crippen LogP contribution in [0.25, 0.3) is 0 Å². The second-order valence-corrected chi connectivity index (χ2v) is 9.13. The zero-order valence-electron chi connectivity index (χ0n) is 21.8. The first-order chi connectivity index (χ1) is 18.2. The number of carbonyl (C=O) groups is 2. The number of carbonyl (C=O) groups excluding carboxylic acids is 2. The van der Waals surface area contributed by atoms with Crippen LogP contribution in [0.2, 0.25) is 5.02 Å². The lowest BCUT2D eigenvalue weighted by Gasteiger charge is -2.22. The maximum Gasteiger partial charge on any atom is 0.333 e. The minimum absolute atomic E-state index is 0.190. The highest BCUT2D eigenvalue weighted by molar-refractivity contribution is 6.31. The molecule has 3 rings (SSSR count). The molecule has 0 fully saturated rings. The summed E-state index contributed by atoms with van der Waals surface area (Å²) >= 11 is 6.17. The molecule has 0 bridgehead atoms. The van der Waals surface area contributed by atoms with Crippen molar-refractivity contribution in [3.05, 3.63) is 88.4 Å². The van der Waals surface area contributed by atoms with Crippen LogP contribution in [-0.4, -0.2) is 69.4 Å². The summed E-state index contributed by atoms with van der Waals surface area (Å²) in [6.45, 7) is 1.68. The lowest BCUT2D eigenvalue weighted by Crippen LogP contribution is -2.40. The number of anilines is 2. The number of nitrogens with zero attached hydrogens (tertiary/aromatic N) is 4. The van der Waals surface area contributed by atoms with Gasteiger partial charge in [0.1, 0.15) is 5.75 Å². The molecule has 0 atom stereocenters. The molecule has 3 aromatic carbocycles. The summed E-state index contributed by atoms with van der Waals surface area (Å²) in [6.07, 6.45) is 7.21. The van der Waals surface area contributed by atoms with Gasteiger partial charge in [-0.05, 0) is 74.3 Å². The summed E-state index contributed by atoms with van der Waals surface area (Å²) in [5.74, 6) is 2.34. The lowest BCUT2D eigenvalue weighted by atomic mass is 10.1. The molecular weight excluding hydrogens is 502 g/mol. The number of benzene rings is 3. The summed E-state index contributed by atoms with van der Waals surface area (Å²) in [6, 6.07) is 17.6. The van der Waals surface area contributed by atoms with Crippen LogP contribution >= 0.6 is 11.6 Å². The van der Waals surface area contributed by atoms with Gasteiger partial charge in [-0.2, -0.15) is 5.10 Å². The Labute approximate surface area is 228 Å². The van der Waals surface area contributed by atoms with E-state index in [0.717, 1.165) is 23.6 Å². The Morgan fingerprint density at radius 1 is 1.03 bits per heavy atom. The molecular formula is C29H30ClN5O3. The number of methoxy groups -OCH3 is 1.